The predicted octanol–water partition coefficient (Wildman–Crippen LogP) is 20.3. The number of hydrogen-bond donors (Lipinski definition) is 0. The average molecular weight is 990 g/mol. The molecule has 6 heteroatoms. The van der Waals surface area contributed by atoms with Crippen molar-refractivity contribution in [2.24, 2.45) is 0 Å². The van der Waals surface area contributed by atoms with Crippen molar-refractivity contribution in [3.8, 4) is 0 Å². The minimum atomic E-state index is -0.810. The molecule has 0 N–H and O–H groups in total. The average Bonchev–Trinajstić information content (AvgIpc) is 3.37. The van der Waals surface area contributed by atoms with E-state index in [1.165, 1.54) is 161 Å². The fraction of sp³-hybridized carbons (Fsp3) is 0.738. The van der Waals surface area contributed by atoms with Crippen molar-refractivity contribution in [1.29, 1.82) is 0 Å². The van der Waals surface area contributed by atoms with Crippen LogP contribution in [0, 0.1) is 0 Å². The molecule has 0 aromatic carbocycles. The predicted molar refractivity (Wildman–Crippen MR) is 307 cm³/mol. The van der Waals surface area contributed by atoms with Gasteiger partial charge < -0.3 is 14.2 Å². The van der Waals surface area contributed by atoms with Gasteiger partial charge >= 0.3 is 17.9 Å². The van der Waals surface area contributed by atoms with Gasteiger partial charge in [0.05, 0.1) is 0 Å². The van der Waals surface area contributed by atoms with Crippen molar-refractivity contribution in [3.05, 3.63) is 85.1 Å². The lowest BCUT2D eigenvalue weighted by Gasteiger charge is -2.18. The highest BCUT2D eigenvalue weighted by Gasteiger charge is 2.19. The zero-order valence-corrected chi connectivity index (χ0v) is 46.7. The largest absolute Gasteiger partial charge is 0.462 e. The molecule has 0 unspecified atom stereocenters. The number of rotatable bonds is 54. The normalized spacial score (nSPS) is 12.7. The van der Waals surface area contributed by atoms with Crippen LogP contribution in [0.3, 0.4) is 0 Å². The van der Waals surface area contributed by atoms with Gasteiger partial charge in [-0.2, -0.15) is 0 Å². The minimum absolute atomic E-state index is 0.102. The van der Waals surface area contributed by atoms with E-state index in [1.54, 1.807) is 0 Å². The van der Waals surface area contributed by atoms with Gasteiger partial charge in [-0.15, -0.1) is 0 Å². The van der Waals surface area contributed by atoms with Gasteiger partial charge in [0.15, 0.2) is 6.10 Å². The van der Waals surface area contributed by atoms with Crippen LogP contribution < -0.4 is 0 Å². The van der Waals surface area contributed by atoms with Gasteiger partial charge in [-0.3, -0.25) is 14.4 Å². The van der Waals surface area contributed by atoms with E-state index in [9.17, 15) is 14.4 Å². The first-order valence-electron chi connectivity index (χ1n) is 30.1. The van der Waals surface area contributed by atoms with Crippen LogP contribution in [0.15, 0.2) is 85.1 Å². The van der Waals surface area contributed by atoms with Gasteiger partial charge in [-0.25, -0.2) is 0 Å². The Bertz CT molecular complexity index is 1370. The molecule has 0 aliphatic carbocycles. The SMILES string of the molecule is CC/C=C\C/C=C\C/C=C\C/C=C\C/C=C\C/C=C\CCC(=O)OC[C@@H](COC(=O)CCCCCCC/C=C\CCCCCCCCC)OC(=O)CCCCCCCCCCCCCCCCCCCC. The minimum Gasteiger partial charge on any atom is -0.462 e. The summed E-state index contributed by atoms with van der Waals surface area (Å²) in [6.07, 6.45) is 77.3. The van der Waals surface area contributed by atoms with E-state index in [-0.39, 0.29) is 37.5 Å². The number of unbranched alkanes of at least 4 members (excludes halogenated alkanes) is 29. The maximum Gasteiger partial charge on any atom is 0.306 e. The van der Waals surface area contributed by atoms with E-state index in [0.29, 0.717) is 19.3 Å². The smallest absolute Gasteiger partial charge is 0.306 e. The van der Waals surface area contributed by atoms with Gasteiger partial charge in [-0.1, -0.05) is 273 Å². The van der Waals surface area contributed by atoms with Crippen molar-refractivity contribution in [2.75, 3.05) is 13.2 Å². The molecule has 0 aromatic rings. The van der Waals surface area contributed by atoms with E-state index in [0.717, 1.165) is 83.5 Å². The van der Waals surface area contributed by atoms with E-state index < -0.39 is 6.10 Å². The molecule has 0 aromatic heterocycles. The van der Waals surface area contributed by atoms with Crippen molar-refractivity contribution >= 4 is 17.9 Å². The van der Waals surface area contributed by atoms with Crippen LogP contribution in [0.1, 0.15) is 290 Å². The molecule has 0 heterocycles. The molecule has 0 fully saturated rings. The van der Waals surface area contributed by atoms with Gasteiger partial charge in [0.1, 0.15) is 13.2 Å². The summed E-state index contributed by atoms with van der Waals surface area (Å²) in [5.41, 5.74) is 0. The zero-order valence-electron chi connectivity index (χ0n) is 46.7. The molecule has 0 aliphatic heterocycles. The van der Waals surface area contributed by atoms with Gasteiger partial charge in [0.25, 0.3) is 0 Å². The summed E-state index contributed by atoms with van der Waals surface area (Å²) in [6.45, 7) is 6.48. The quantitative estimate of drug-likeness (QED) is 0.0261. The molecule has 71 heavy (non-hydrogen) atoms. The third kappa shape index (κ3) is 57.4. The topological polar surface area (TPSA) is 78.9 Å². The molecule has 0 amide bonds. The van der Waals surface area contributed by atoms with Crippen LogP contribution in [0.25, 0.3) is 0 Å². The highest BCUT2D eigenvalue weighted by molar-refractivity contribution is 5.71. The molecule has 0 bridgehead atoms. The number of esters is 3. The van der Waals surface area contributed by atoms with Crippen LogP contribution >= 0.6 is 0 Å². The molecule has 0 spiro atoms. The summed E-state index contributed by atoms with van der Waals surface area (Å²) in [6, 6.07) is 0. The van der Waals surface area contributed by atoms with Crippen molar-refractivity contribution in [2.45, 2.75) is 297 Å². The van der Waals surface area contributed by atoms with E-state index >= 15 is 0 Å². The second kappa shape index (κ2) is 59.2. The van der Waals surface area contributed by atoms with Gasteiger partial charge in [-0.05, 0) is 83.5 Å². The molecule has 1 atom stereocenters. The number of hydrogen-bond acceptors (Lipinski definition) is 6. The fourth-order valence-electron chi connectivity index (χ4n) is 8.41. The summed E-state index contributed by atoms with van der Waals surface area (Å²) >= 11 is 0. The Morgan fingerprint density at radius 2 is 0.577 bits per heavy atom. The first-order valence-corrected chi connectivity index (χ1v) is 30.1. The molecule has 0 rings (SSSR count). The molecule has 0 radical (unpaired) electrons. The van der Waals surface area contributed by atoms with E-state index in [4.69, 9.17) is 14.2 Å². The van der Waals surface area contributed by atoms with E-state index in [1.807, 2.05) is 6.08 Å². The number of carbonyl (C=O) groups is 3. The second-order valence-electron chi connectivity index (χ2n) is 19.9. The van der Waals surface area contributed by atoms with Crippen LogP contribution in [0.4, 0.5) is 0 Å². The lowest BCUT2D eigenvalue weighted by molar-refractivity contribution is -0.166. The molecule has 0 saturated heterocycles. The van der Waals surface area contributed by atoms with E-state index in [2.05, 4.69) is 99.8 Å². The van der Waals surface area contributed by atoms with Crippen molar-refractivity contribution in [3.63, 3.8) is 0 Å². The second-order valence-corrected chi connectivity index (χ2v) is 19.9. The van der Waals surface area contributed by atoms with Crippen molar-refractivity contribution < 1.29 is 28.6 Å². The van der Waals surface area contributed by atoms with Gasteiger partial charge in [0, 0.05) is 19.3 Å². The Balaban J connectivity index is 4.48. The number of carbonyl (C=O) groups excluding carboxylic acids is 3. The standard InChI is InChI=1S/C65H112O6/c1-4-7-10-13-16-19-22-25-28-31-33-35-37-40-43-46-49-52-55-58-64(67)70-61-62(60-69-63(66)57-54-51-48-45-42-39-36-30-27-24-21-18-15-12-9-6-3)71-65(68)59-56-53-50-47-44-41-38-34-32-29-26-23-20-17-14-11-8-5-2/h7,10,16,19,25,28,30,33,35-36,40,43,49,52,62H,4-6,8-9,11-15,17-18,20-24,26-27,29,31-32,34,37-39,41-42,44-48,50-51,53-61H2,1-3H3/b10-7-,19-16-,28-25-,35-33-,36-30-,43-40-,52-49-/t62-/m1/s1. The zero-order chi connectivity index (χ0) is 51.4. The Kier molecular flexibility index (Phi) is 56.3. The molecule has 0 aliphatic rings. The first kappa shape index (κ1) is 67.6. The van der Waals surface area contributed by atoms with Crippen LogP contribution in [0.2, 0.25) is 0 Å². The summed E-state index contributed by atoms with van der Waals surface area (Å²) < 4.78 is 16.8. The highest BCUT2D eigenvalue weighted by Crippen LogP contribution is 2.16. The Hall–Kier alpha value is -3.41. The molecule has 0 saturated carbocycles. The van der Waals surface area contributed by atoms with Gasteiger partial charge in [0.2, 0.25) is 0 Å². The Morgan fingerprint density at radius 1 is 0.296 bits per heavy atom. The monoisotopic (exact) mass is 989 g/mol. The Labute approximate surface area is 439 Å². The van der Waals surface area contributed by atoms with Crippen LogP contribution in [-0.2, 0) is 28.6 Å². The summed E-state index contributed by atoms with van der Waals surface area (Å²) in [5.74, 6) is -0.986. The molecule has 408 valence electrons. The maximum atomic E-state index is 12.9. The fourth-order valence-corrected chi connectivity index (χ4v) is 8.41. The lowest BCUT2D eigenvalue weighted by atomic mass is 10.0. The first-order chi connectivity index (χ1) is 35.0. The third-order valence-electron chi connectivity index (χ3n) is 12.9. The van der Waals surface area contributed by atoms with Crippen molar-refractivity contribution in [1.82, 2.24) is 0 Å². The molecular formula is C65H112O6. The summed E-state index contributed by atoms with van der Waals surface area (Å²) in [7, 11) is 0. The van der Waals surface area contributed by atoms with Crippen LogP contribution in [-0.4, -0.2) is 37.2 Å². The Morgan fingerprint density at radius 3 is 0.944 bits per heavy atom. The maximum absolute atomic E-state index is 12.9. The third-order valence-corrected chi connectivity index (χ3v) is 12.9. The van der Waals surface area contributed by atoms with Crippen LogP contribution in [0.5, 0.6) is 0 Å². The summed E-state index contributed by atoms with van der Waals surface area (Å²) in [5, 5.41) is 0. The molecule has 6 nitrogen and oxygen atoms in total. The summed E-state index contributed by atoms with van der Waals surface area (Å²) in [4.78, 5) is 38.2. The highest BCUT2D eigenvalue weighted by atomic mass is 16.6. The molecular weight excluding hydrogens is 877 g/mol. The number of ether oxygens (including phenoxy) is 3. The number of allylic oxidation sites excluding steroid dienone is 14. The lowest BCUT2D eigenvalue weighted by Crippen LogP contribution is -2.30.